The summed E-state index contributed by atoms with van der Waals surface area (Å²) in [6.45, 7) is 3.46. The zero-order valence-electron chi connectivity index (χ0n) is 11.4. The summed E-state index contributed by atoms with van der Waals surface area (Å²) in [7, 11) is -3.64. The average Bonchev–Trinajstić information content (AvgIpc) is 2.45. The molecular weight excluding hydrogens is 276 g/mol. The van der Waals surface area contributed by atoms with Crippen LogP contribution in [-0.2, 0) is 10.0 Å². The second-order valence-electron chi connectivity index (χ2n) is 4.90. The molecule has 2 rings (SSSR count). The maximum Gasteiger partial charge on any atom is 0.241 e. The van der Waals surface area contributed by atoms with E-state index in [1.54, 1.807) is 50.4 Å². The summed E-state index contributed by atoms with van der Waals surface area (Å²) < 4.78 is 27.5. The van der Waals surface area contributed by atoms with E-state index in [1.807, 2.05) is 0 Å². The van der Waals surface area contributed by atoms with E-state index >= 15 is 0 Å². The Morgan fingerprint density at radius 1 is 1.25 bits per heavy atom. The van der Waals surface area contributed by atoms with Crippen molar-refractivity contribution in [2.45, 2.75) is 24.8 Å². The molecule has 0 spiro atoms. The van der Waals surface area contributed by atoms with Crippen LogP contribution in [0.5, 0.6) is 0 Å². The monoisotopic (exact) mass is 294 g/mol. The molecule has 0 fully saturated rings. The number of benzene rings is 1. The molecule has 1 aromatic heterocycles. The first-order valence-corrected chi connectivity index (χ1v) is 7.91. The number of nitrogens with one attached hydrogen (secondary N) is 1. The Hall–Kier alpha value is -1.50. The van der Waals surface area contributed by atoms with Crippen molar-refractivity contribution < 1.29 is 13.5 Å². The number of aliphatic hydroxyl groups is 1. The molecule has 2 atom stereocenters. The summed E-state index contributed by atoms with van der Waals surface area (Å²) in [5.74, 6) is -0.155. The summed E-state index contributed by atoms with van der Waals surface area (Å²) in [6.07, 6.45) is 1.63. The summed E-state index contributed by atoms with van der Waals surface area (Å²) in [5, 5.41) is 9.69. The average molecular weight is 294 g/mol. The van der Waals surface area contributed by atoms with E-state index in [9.17, 15) is 8.42 Å². The molecule has 0 saturated carbocycles. The zero-order chi connectivity index (χ0) is 14.8. The third kappa shape index (κ3) is 2.98. The van der Waals surface area contributed by atoms with Crippen molar-refractivity contribution in [2.75, 3.05) is 6.61 Å². The molecule has 0 bridgehead atoms. The molecule has 0 saturated heterocycles. The predicted octanol–water partition coefficient (Wildman–Crippen LogP) is 1.53. The molecule has 0 aliphatic heterocycles. The molecule has 20 heavy (non-hydrogen) atoms. The number of pyridine rings is 1. The van der Waals surface area contributed by atoms with Gasteiger partial charge in [-0.05, 0) is 37.1 Å². The summed E-state index contributed by atoms with van der Waals surface area (Å²) in [4.78, 5) is 4.36. The van der Waals surface area contributed by atoms with Crippen LogP contribution in [0.1, 0.15) is 13.8 Å². The van der Waals surface area contributed by atoms with Gasteiger partial charge in [-0.2, -0.15) is 0 Å². The van der Waals surface area contributed by atoms with Gasteiger partial charge in [0.2, 0.25) is 10.0 Å². The Morgan fingerprint density at radius 3 is 2.70 bits per heavy atom. The number of hydrogen-bond donors (Lipinski definition) is 2. The van der Waals surface area contributed by atoms with Gasteiger partial charge >= 0.3 is 0 Å². The quantitative estimate of drug-likeness (QED) is 0.876. The number of nitrogens with zero attached hydrogens (tertiary/aromatic N) is 1. The van der Waals surface area contributed by atoms with Crippen LogP contribution in [0.25, 0.3) is 10.9 Å². The predicted molar refractivity (Wildman–Crippen MR) is 77.8 cm³/mol. The van der Waals surface area contributed by atoms with Crippen molar-refractivity contribution in [3.05, 3.63) is 36.5 Å². The third-order valence-electron chi connectivity index (χ3n) is 3.38. The van der Waals surface area contributed by atoms with Crippen molar-refractivity contribution in [1.82, 2.24) is 9.71 Å². The fourth-order valence-corrected chi connectivity index (χ4v) is 3.46. The number of rotatable bonds is 5. The number of aliphatic hydroxyl groups excluding tert-OH is 1. The van der Waals surface area contributed by atoms with E-state index in [0.717, 1.165) is 0 Å². The first kappa shape index (κ1) is 14.9. The molecule has 2 unspecified atom stereocenters. The van der Waals surface area contributed by atoms with Crippen molar-refractivity contribution in [3.63, 3.8) is 0 Å². The van der Waals surface area contributed by atoms with Crippen LogP contribution in [0.3, 0.4) is 0 Å². The van der Waals surface area contributed by atoms with E-state index in [4.69, 9.17) is 5.11 Å². The topological polar surface area (TPSA) is 79.3 Å². The SMILES string of the molecule is CC(CO)C(C)NS(=O)(=O)c1cccc2ncccc12. The Balaban J connectivity index is 2.42. The zero-order valence-corrected chi connectivity index (χ0v) is 12.3. The molecule has 1 aromatic carbocycles. The van der Waals surface area contributed by atoms with Crippen LogP contribution < -0.4 is 4.72 Å². The van der Waals surface area contributed by atoms with Crippen LogP contribution >= 0.6 is 0 Å². The van der Waals surface area contributed by atoms with Gasteiger partial charge in [-0.1, -0.05) is 13.0 Å². The standard InChI is InChI=1S/C14H18N2O3S/c1-10(9-17)11(2)16-20(18,19)14-7-3-6-13-12(14)5-4-8-15-13/h3-8,10-11,16-17H,9H2,1-2H3. The minimum absolute atomic E-state index is 0.0687. The lowest BCUT2D eigenvalue weighted by Gasteiger charge is -2.19. The molecule has 0 amide bonds. The molecule has 0 aliphatic rings. The molecule has 2 aromatic rings. The first-order valence-electron chi connectivity index (χ1n) is 6.42. The van der Waals surface area contributed by atoms with Gasteiger partial charge in [-0.25, -0.2) is 13.1 Å². The highest BCUT2D eigenvalue weighted by Crippen LogP contribution is 2.21. The second-order valence-corrected chi connectivity index (χ2v) is 6.58. The van der Waals surface area contributed by atoms with Gasteiger partial charge in [-0.3, -0.25) is 4.98 Å². The maximum atomic E-state index is 12.5. The Labute approximate surface area is 118 Å². The van der Waals surface area contributed by atoms with E-state index in [1.165, 1.54) is 0 Å². The first-order chi connectivity index (χ1) is 9.45. The van der Waals surface area contributed by atoms with Gasteiger partial charge < -0.3 is 5.11 Å². The Kier molecular flexibility index (Phi) is 4.37. The fraction of sp³-hybridized carbons (Fsp3) is 0.357. The van der Waals surface area contributed by atoms with Crippen molar-refractivity contribution >= 4 is 20.9 Å². The van der Waals surface area contributed by atoms with Crippen molar-refractivity contribution in [2.24, 2.45) is 5.92 Å². The van der Waals surface area contributed by atoms with E-state index in [-0.39, 0.29) is 23.5 Å². The van der Waals surface area contributed by atoms with Crippen molar-refractivity contribution in [3.8, 4) is 0 Å². The highest BCUT2D eigenvalue weighted by molar-refractivity contribution is 7.89. The molecule has 108 valence electrons. The van der Waals surface area contributed by atoms with Crippen molar-refractivity contribution in [1.29, 1.82) is 0 Å². The van der Waals surface area contributed by atoms with Crippen LogP contribution in [0.15, 0.2) is 41.4 Å². The number of sulfonamides is 1. The lowest BCUT2D eigenvalue weighted by Crippen LogP contribution is -2.38. The molecule has 1 heterocycles. The fourth-order valence-electron chi connectivity index (χ4n) is 1.89. The van der Waals surface area contributed by atoms with Gasteiger partial charge in [0.25, 0.3) is 0 Å². The lowest BCUT2D eigenvalue weighted by molar-refractivity contribution is 0.216. The maximum absolute atomic E-state index is 12.5. The van der Waals surface area contributed by atoms with E-state index < -0.39 is 10.0 Å². The normalized spacial score (nSPS) is 15.2. The molecule has 2 N–H and O–H groups in total. The van der Waals surface area contributed by atoms with Crippen LogP contribution in [0.2, 0.25) is 0 Å². The smallest absolute Gasteiger partial charge is 0.241 e. The minimum atomic E-state index is -3.64. The Morgan fingerprint density at radius 2 is 2.00 bits per heavy atom. The molecule has 5 nitrogen and oxygen atoms in total. The van der Waals surface area contributed by atoms with E-state index in [2.05, 4.69) is 9.71 Å². The Bertz CT molecular complexity index is 695. The van der Waals surface area contributed by atoms with Gasteiger partial charge in [0, 0.05) is 24.2 Å². The highest BCUT2D eigenvalue weighted by Gasteiger charge is 2.22. The molecule has 0 aliphatic carbocycles. The minimum Gasteiger partial charge on any atom is -0.396 e. The van der Waals surface area contributed by atoms with Gasteiger partial charge in [-0.15, -0.1) is 0 Å². The number of fused-ring (bicyclic) bond motifs is 1. The largest absolute Gasteiger partial charge is 0.396 e. The van der Waals surface area contributed by atoms with E-state index in [0.29, 0.717) is 10.9 Å². The lowest BCUT2D eigenvalue weighted by atomic mass is 10.1. The molecular formula is C14H18N2O3S. The van der Waals surface area contributed by atoms with Gasteiger partial charge in [0.05, 0.1) is 10.4 Å². The van der Waals surface area contributed by atoms with Crippen LogP contribution in [0, 0.1) is 5.92 Å². The summed E-state index contributed by atoms with van der Waals surface area (Å²) >= 11 is 0. The molecule has 0 radical (unpaired) electrons. The molecule has 6 heteroatoms. The summed E-state index contributed by atoms with van der Waals surface area (Å²) in [6, 6.07) is 8.09. The number of aromatic nitrogens is 1. The summed E-state index contributed by atoms with van der Waals surface area (Å²) in [5.41, 5.74) is 0.637. The van der Waals surface area contributed by atoms with Gasteiger partial charge in [0.15, 0.2) is 0 Å². The van der Waals surface area contributed by atoms with Gasteiger partial charge in [0.1, 0.15) is 0 Å². The van der Waals surface area contributed by atoms with Crippen LogP contribution in [0.4, 0.5) is 0 Å². The third-order valence-corrected chi connectivity index (χ3v) is 4.99. The highest BCUT2D eigenvalue weighted by atomic mass is 32.2. The number of hydrogen-bond acceptors (Lipinski definition) is 4. The van der Waals surface area contributed by atoms with Crippen LogP contribution in [-0.4, -0.2) is 31.2 Å². The second kappa shape index (κ2) is 5.87.